The normalized spacial score (nSPS) is 11.7. The van der Waals surface area contributed by atoms with E-state index in [9.17, 15) is 9.18 Å². The van der Waals surface area contributed by atoms with Gasteiger partial charge in [-0.15, -0.1) is 0 Å². The SMILES string of the molecule is CNc1cc(C(=O)O[C@H](c2cccc(F)c2)c2ccccn2)cc(Cl)n1. The highest BCUT2D eigenvalue weighted by atomic mass is 35.5. The molecule has 1 N–H and O–H groups in total. The Morgan fingerprint density at radius 3 is 2.73 bits per heavy atom. The second kappa shape index (κ2) is 7.93. The van der Waals surface area contributed by atoms with E-state index in [0.29, 0.717) is 17.1 Å². The van der Waals surface area contributed by atoms with Gasteiger partial charge in [0, 0.05) is 18.8 Å². The second-order valence-corrected chi connectivity index (χ2v) is 5.80. The standard InChI is InChI=1S/C19H15ClFN3O2/c1-22-17-11-13(10-16(20)24-17)19(25)26-18(15-7-2-3-8-23-15)12-5-4-6-14(21)9-12/h2-11,18H,1H3,(H,22,24)/t18-/m1/s1. The Bertz CT molecular complexity index is 922. The number of benzene rings is 1. The number of rotatable bonds is 5. The third-order valence-corrected chi connectivity index (χ3v) is 3.81. The number of anilines is 1. The second-order valence-electron chi connectivity index (χ2n) is 5.41. The molecule has 0 aliphatic carbocycles. The van der Waals surface area contributed by atoms with Gasteiger partial charge in [0.2, 0.25) is 0 Å². The van der Waals surface area contributed by atoms with Gasteiger partial charge in [-0.3, -0.25) is 4.98 Å². The van der Waals surface area contributed by atoms with Crippen molar-refractivity contribution in [1.82, 2.24) is 9.97 Å². The summed E-state index contributed by atoms with van der Waals surface area (Å²) in [5, 5.41) is 2.98. The summed E-state index contributed by atoms with van der Waals surface area (Å²) in [6.45, 7) is 0. The summed E-state index contributed by atoms with van der Waals surface area (Å²) < 4.78 is 19.3. The molecule has 0 aliphatic rings. The molecule has 2 heterocycles. The van der Waals surface area contributed by atoms with Crippen molar-refractivity contribution in [1.29, 1.82) is 0 Å². The third kappa shape index (κ3) is 4.15. The fraction of sp³-hybridized carbons (Fsp3) is 0.105. The molecule has 7 heteroatoms. The molecule has 1 aromatic carbocycles. The largest absolute Gasteiger partial charge is 0.447 e. The van der Waals surface area contributed by atoms with Crippen molar-refractivity contribution in [3.8, 4) is 0 Å². The topological polar surface area (TPSA) is 64.1 Å². The first kappa shape index (κ1) is 17.8. The minimum absolute atomic E-state index is 0.156. The van der Waals surface area contributed by atoms with E-state index in [1.807, 2.05) is 0 Å². The van der Waals surface area contributed by atoms with Crippen LogP contribution in [0.2, 0.25) is 5.15 Å². The summed E-state index contributed by atoms with van der Waals surface area (Å²) in [5.41, 5.74) is 1.19. The highest BCUT2D eigenvalue weighted by Crippen LogP contribution is 2.27. The maximum Gasteiger partial charge on any atom is 0.339 e. The number of ether oxygens (including phenoxy) is 1. The zero-order valence-electron chi connectivity index (χ0n) is 13.8. The number of halogens is 2. The summed E-state index contributed by atoms with van der Waals surface area (Å²) in [7, 11) is 1.66. The quantitative estimate of drug-likeness (QED) is 0.536. The van der Waals surface area contributed by atoms with Gasteiger partial charge in [-0.25, -0.2) is 14.2 Å². The first-order valence-electron chi connectivity index (χ1n) is 7.79. The smallest absolute Gasteiger partial charge is 0.339 e. The predicted octanol–water partition coefficient (Wildman–Crippen LogP) is 4.26. The van der Waals surface area contributed by atoms with Gasteiger partial charge in [-0.1, -0.05) is 29.8 Å². The lowest BCUT2D eigenvalue weighted by atomic mass is 10.1. The van der Waals surface area contributed by atoms with Gasteiger partial charge < -0.3 is 10.1 Å². The molecule has 0 aliphatic heterocycles. The molecule has 0 saturated carbocycles. The van der Waals surface area contributed by atoms with Crippen molar-refractivity contribution in [3.63, 3.8) is 0 Å². The number of hydrogen-bond donors (Lipinski definition) is 1. The Morgan fingerprint density at radius 2 is 2.04 bits per heavy atom. The Hall–Kier alpha value is -2.99. The molecule has 2 aromatic heterocycles. The van der Waals surface area contributed by atoms with Gasteiger partial charge in [-0.2, -0.15) is 0 Å². The molecule has 1 atom stereocenters. The molecule has 0 fully saturated rings. The van der Waals surface area contributed by atoms with Crippen LogP contribution in [0.1, 0.15) is 27.7 Å². The van der Waals surface area contributed by atoms with Crippen LogP contribution in [-0.2, 0) is 4.74 Å². The number of esters is 1. The van der Waals surface area contributed by atoms with Crippen molar-refractivity contribution >= 4 is 23.4 Å². The monoisotopic (exact) mass is 371 g/mol. The maximum atomic E-state index is 13.7. The number of hydrogen-bond acceptors (Lipinski definition) is 5. The van der Waals surface area contributed by atoms with Gasteiger partial charge in [0.15, 0.2) is 6.10 Å². The highest BCUT2D eigenvalue weighted by Gasteiger charge is 2.22. The lowest BCUT2D eigenvalue weighted by Crippen LogP contribution is -2.15. The Labute approximate surface area is 154 Å². The van der Waals surface area contributed by atoms with E-state index in [1.54, 1.807) is 43.6 Å². The van der Waals surface area contributed by atoms with Crippen LogP contribution >= 0.6 is 11.6 Å². The van der Waals surface area contributed by atoms with Crippen LogP contribution in [0.5, 0.6) is 0 Å². The first-order valence-corrected chi connectivity index (χ1v) is 8.17. The van der Waals surface area contributed by atoms with Crippen molar-refractivity contribution in [2.45, 2.75) is 6.10 Å². The van der Waals surface area contributed by atoms with Crippen LogP contribution in [0.25, 0.3) is 0 Å². The minimum atomic E-state index is -0.857. The maximum absolute atomic E-state index is 13.7. The first-order chi connectivity index (χ1) is 12.6. The zero-order chi connectivity index (χ0) is 18.5. The predicted molar refractivity (Wildman–Crippen MR) is 96.7 cm³/mol. The number of aromatic nitrogens is 2. The molecule has 0 amide bonds. The van der Waals surface area contributed by atoms with Crippen molar-refractivity contribution in [2.24, 2.45) is 0 Å². The summed E-state index contributed by atoms with van der Waals surface area (Å²) in [6, 6.07) is 14.0. The fourth-order valence-electron chi connectivity index (χ4n) is 2.42. The van der Waals surface area contributed by atoms with Gasteiger partial charge >= 0.3 is 5.97 Å². The van der Waals surface area contributed by atoms with E-state index in [2.05, 4.69) is 15.3 Å². The van der Waals surface area contributed by atoms with Crippen LogP contribution in [0, 0.1) is 5.82 Å². The molecular formula is C19H15ClFN3O2. The summed E-state index contributed by atoms with van der Waals surface area (Å²) in [5.74, 6) is -0.612. The molecule has 0 spiro atoms. The molecule has 3 rings (SSSR count). The molecule has 0 saturated heterocycles. The number of pyridine rings is 2. The highest BCUT2D eigenvalue weighted by molar-refractivity contribution is 6.29. The van der Waals surface area contributed by atoms with Gasteiger partial charge in [0.25, 0.3) is 0 Å². The average molecular weight is 372 g/mol. The third-order valence-electron chi connectivity index (χ3n) is 3.62. The Balaban J connectivity index is 1.96. The number of carbonyl (C=O) groups is 1. The van der Waals surface area contributed by atoms with Crippen LogP contribution in [0.4, 0.5) is 10.2 Å². The average Bonchev–Trinajstić information content (AvgIpc) is 2.66. The molecule has 3 aromatic rings. The van der Waals surface area contributed by atoms with Crippen molar-refractivity contribution < 1.29 is 13.9 Å². The van der Waals surface area contributed by atoms with E-state index >= 15 is 0 Å². The fourth-order valence-corrected chi connectivity index (χ4v) is 2.63. The van der Waals surface area contributed by atoms with Crippen LogP contribution in [-0.4, -0.2) is 23.0 Å². The van der Waals surface area contributed by atoms with E-state index in [1.165, 1.54) is 24.3 Å². The van der Waals surface area contributed by atoms with Gasteiger partial charge in [0.1, 0.15) is 16.8 Å². The van der Waals surface area contributed by atoms with Gasteiger partial charge in [0.05, 0.1) is 11.3 Å². The van der Waals surface area contributed by atoms with Crippen molar-refractivity contribution in [3.05, 3.63) is 88.6 Å². The summed E-state index contributed by atoms with van der Waals surface area (Å²) in [4.78, 5) is 20.9. The molecule has 26 heavy (non-hydrogen) atoms. The lowest BCUT2D eigenvalue weighted by Gasteiger charge is -2.18. The van der Waals surface area contributed by atoms with E-state index in [4.69, 9.17) is 16.3 Å². The molecule has 0 bridgehead atoms. The molecule has 0 unspecified atom stereocenters. The van der Waals surface area contributed by atoms with Crippen molar-refractivity contribution in [2.75, 3.05) is 12.4 Å². The zero-order valence-corrected chi connectivity index (χ0v) is 14.6. The molecular weight excluding hydrogens is 357 g/mol. The van der Waals surface area contributed by atoms with Crippen LogP contribution in [0.15, 0.2) is 60.8 Å². The minimum Gasteiger partial charge on any atom is -0.447 e. The van der Waals surface area contributed by atoms with Gasteiger partial charge in [-0.05, 0) is 36.4 Å². The van der Waals surface area contributed by atoms with E-state index in [-0.39, 0.29) is 10.7 Å². The molecule has 5 nitrogen and oxygen atoms in total. The number of nitrogens with zero attached hydrogens (tertiary/aromatic N) is 2. The lowest BCUT2D eigenvalue weighted by molar-refractivity contribution is 0.0370. The van der Waals surface area contributed by atoms with Crippen LogP contribution in [0.3, 0.4) is 0 Å². The molecule has 132 valence electrons. The van der Waals surface area contributed by atoms with E-state index in [0.717, 1.165) is 0 Å². The Morgan fingerprint density at radius 1 is 1.19 bits per heavy atom. The number of nitrogens with one attached hydrogen (secondary N) is 1. The summed E-state index contributed by atoms with van der Waals surface area (Å²) in [6.07, 6.45) is 0.724. The number of carbonyl (C=O) groups excluding carboxylic acids is 1. The summed E-state index contributed by atoms with van der Waals surface area (Å²) >= 11 is 5.94. The Kier molecular flexibility index (Phi) is 5.43. The molecule has 0 radical (unpaired) electrons. The van der Waals surface area contributed by atoms with Crippen LogP contribution < -0.4 is 5.32 Å². The van der Waals surface area contributed by atoms with E-state index < -0.39 is 17.9 Å².